The van der Waals surface area contributed by atoms with Gasteiger partial charge < -0.3 is 20.3 Å². The summed E-state index contributed by atoms with van der Waals surface area (Å²) in [5, 5.41) is 6.29. The Morgan fingerprint density at radius 1 is 1.21 bits per heavy atom. The molecule has 2 N–H and O–H groups in total. The highest BCUT2D eigenvalue weighted by molar-refractivity contribution is 5.85. The Labute approximate surface area is 180 Å². The monoisotopic (exact) mass is 423 g/mol. The molecule has 7 heteroatoms. The summed E-state index contributed by atoms with van der Waals surface area (Å²) in [6.45, 7) is 7.63. The van der Waals surface area contributed by atoms with Crippen LogP contribution in [0.2, 0.25) is 0 Å². The van der Waals surface area contributed by atoms with Gasteiger partial charge in [0.1, 0.15) is 5.75 Å². The van der Waals surface area contributed by atoms with Crippen LogP contribution in [0.15, 0.2) is 18.2 Å². The van der Waals surface area contributed by atoms with E-state index in [2.05, 4.69) is 24.5 Å². The maximum Gasteiger partial charge on any atom is 0.237 e. The molecule has 6 nitrogen and oxygen atoms in total. The standard InChI is InChI=1S/C22H33N3O3.ClH/c1-16-7-8-19(13-17(16)2)28-12-9-21(26)25-11-4-5-18(15-25)14-24-22(27)20-6-3-10-23-20;/h7-8,13,18,20,23H,3-6,9-12,14-15H2,1-2H3,(H,24,27);1H. The van der Waals surface area contributed by atoms with E-state index in [1.54, 1.807) is 0 Å². The highest BCUT2D eigenvalue weighted by atomic mass is 35.5. The quantitative estimate of drug-likeness (QED) is 0.707. The van der Waals surface area contributed by atoms with Gasteiger partial charge in [-0.05, 0) is 75.3 Å². The largest absolute Gasteiger partial charge is 0.493 e. The van der Waals surface area contributed by atoms with Crippen molar-refractivity contribution in [3.05, 3.63) is 29.3 Å². The summed E-state index contributed by atoms with van der Waals surface area (Å²) in [4.78, 5) is 26.6. The molecule has 1 aromatic carbocycles. The summed E-state index contributed by atoms with van der Waals surface area (Å²) in [5.41, 5.74) is 2.43. The van der Waals surface area contributed by atoms with E-state index in [1.165, 1.54) is 11.1 Å². The third kappa shape index (κ3) is 6.89. The molecule has 0 saturated carbocycles. The van der Waals surface area contributed by atoms with E-state index in [9.17, 15) is 9.59 Å². The number of carbonyl (C=O) groups is 2. The Morgan fingerprint density at radius 2 is 2.03 bits per heavy atom. The van der Waals surface area contributed by atoms with Crippen molar-refractivity contribution in [2.75, 3.05) is 32.8 Å². The molecule has 0 aliphatic carbocycles. The lowest BCUT2D eigenvalue weighted by Gasteiger charge is -2.33. The van der Waals surface area contributed by atoms with Crippen LogP contribution in [0.1, 0.15) is 43.2 Å². The van der Waals surface area contributed by atoms with Gasteiger partial charge in [-0.25, -0.2) is 0 Å². The first-order chi connectivity index (χ1) is 13.5. The van der Waals surface area contributed by atoms with Crippen LogP contribution in [-0.4, -0.2) is 55.5 Å². The van der Waals surface area contributed by atoms with Crippen molar-refractivity contribution in [3.63, 3.8) is 0 Å². The molecule has 0 spiro atoms. The number of nitrogens with zero attached hydrogens (tertiary/aromatic N) is 1. The van der Waals surface area contributed by atoms with Crippen LogP contribution in [0.25, 0.3) is 0 Å². The first-order valence-corrected chi connectivity index (χ1v) is 10.5. The molecule has 2 fully saturated rings. The molecule has 0 aromatic heterocycles. The van der Waals surface area contributed by atoms with Gasteiger partial charge in [0.15, 0.2) is 0 Å². The van der Waals surface area contributed by atoms with E-state index in [0.717, 1.165) is 51.1 Å². The van der Waals surface area contributed by atoms with Crippen molar-refractivity contribution in [1.29, 1.82) is 0 Å². The Hall–Kier alpha value is -1.79. The fourth-order valence-corrected chi connectivity index (χ4v) is 3.95. The average molecular weight is 424 g/mol. The van der Waals surface area contributed by atoms with E-state index in [-0.39, 0.29) is 30.3 Å². The molecule has 29 heavy (non-hydrogen) atoms. The number of carbonyl (C=O) groups excluding carboxylic acids is 2. The van der Waals surface area contributed by atoms with Gasteiger partial charge in [0.25, 0.3) is 0 Å². The third-order valence-corrected chi connectivity index (χ3v) is 5.88. The number of halogens is 1. The van der Waals surface area contributed by atoms with E-state index >= 15 is 0 Å². The normalized spacial score (nSPS) is 21.4. The summed E-state index contributed by atoms with van der Waals surface area (Å²) in [5.74, 6) is 1.39. The first-order valence-electron chi connectivity index (χ1n) is 10.5. The number of hydrogen-bond acceptors (Lipinski definition) is 4. The Kier molecular flexibility index (Phi) is 9.24. The summed E-state index contributed by atoms with van der Waals surface area (Å²) in [6, 6.07) is 5.96. The van der Waals surface area contributed by atoms with Gasteiger partial charge >= 0.3 is 0 Å². The number of likely N-dealkylation sites (tertiary alicyclic amines) is 1. The molecule has 0 radical (unpaired) electrons. The maximum atomic E-state index is 12.6. The van der Waals surface area contributed by atoms with Gasteiger partial charge in [-0.1, -0.05) is 6.07 Å². The van der Waals surface area contributed by atoms with Gasteiger partial charge in [0, 0.05) is 19.6 Å². The second-order valence-corrected chi connectivity index (χ2v) is 8.09. The molecule has 2 saturated heterocycles. The summed E-state index contributed by atoms with van der Waals surface area (Å²) >= 11 is 0. The van der Waals surface area contributed by atoms with Crippen molar-refractivity contribution < 1.29 is 14.3 Å². The zero-order chi connectivity index (χ0) is 19.9. The number of ether oxygens (including phenoxy) is 1. The van der Waals surface area contributed by atoms with Crippen molar-refractivity contribution in [1.82, 2.24) is 15.5 Å². The van der Waals surface area contributed by atoms with Gasteiger partial charge in [-0.15, -0.1) is 12.4 Å². The maximum absolute atomic E-state index is 12.6. The minimum atomic E-state index is -0.0381. The van der Waals surface area contributed by atoms with Crippen LogP contribution in [0.4, 0.5) is 0 Å². The average Bonchev–Trinajstić information content (AvgIpc) is 3.24. The highest BCUT2D eigenvalue weighted by Gasteiger charge is 2.26. The first kappa shape index (κ1) is 23.5. The van der Waals surface area contributed by atoms with Crippen molar-refractivity contribution in [2.45, 2.75) is 52.0 Å². The fraction of sp³-hybridized carbons (Fsp3) is 0.636. The molecule has 2 unspecified atom stereocenters. The Morgan fingerprint density at radius 3 is 2.76 bits per heavy atom. The van der Waals surface area contributed by atoms with Crippen LogP contribution in [-0.2, 0) is 9.59 Å². The van der Waals surface area contributed by atoms with Gasteiger partial charge in [-0.3, -0.25) is 9.59 Å². The minimum Gasteiger partial charge on any atom is -0.493 e. The number of piperidine rings is 1. The van der Waals surface area contributed by atoms with Crippen LogP contribution in [0.3, 0.4) is 0 Å². The molecule has 2 aliphatic heterocycles. The molecule has 2 aliphatic rings. The molecule has 2 heterocycles. The molecule has 162 valence electrons. The predicted octanol–water partition coefficient (Wildman–Crippen LogP) is 2.60. The van der Waals surface area contributed by atoms with E-state index < -0.39 is 0 Å². The van der Waals surface area contributed by atoms with Gasteiger partial charge in [0.05, 0.1) is 19.1 Å². The van der Waals surface area contributed by atoms with Crippen LogP contribution in [0.5, 0.6) is 5.75 Å². The lowest BCUT2D eigenvalue weighted by Crippen LogP contribution is -2.46. The van der Waals surface area contributed by atoms with Gasteiger partial charge in [0.2, 0.25) is 11.8 Å². The zero-order valence-electron chi connectivity index (χ0n) is 17.5. The molecule has 3 rings (SSSR count). The second kappa shape index (κ2) is 11.4. The summed E-state index contributed by atoms with van der Waals surface area (Å²) in [7, 11) is 0. The van der Waals surface area contributed by atoms with E-state index in [0.29, 0.717) is 25.5 Å². The number of benzene rings is 1. The summed E-state index contributed by atoms with van der Waals surface area (Å²) in [6.07, 6.45) is 4.42. The fourth-order valence-electron chi connectivity index (χ4n) is 3.95. The second-order valence-electron chi connectivity index (χ2n) is 8.09. The van der Waals surface area contributed by atoms with Crippen molar-refractivity contribution in [2.24, 2.45) is 5.92 Å². The number of nitrogens with one attached hydrogen (secondary N) is 2. The lowest BCUT2D eigenvalue weighted by atomic mass is 9.97. The smallest absolute Gasteiger partial charge is 0.237 e. The number of amides is 2. The van der Waals surface area contributed by atoms with Crippen LogP contribution >= 0.6 is 12.4 Å². The van der Waals surface area contributed by atoms with E-state index in [4.69, 9.17) is 4.74 Å². The van der Waals surface area contributed by atoms with Crippen molar-refractivity contribution in [3.8, 4) is 5.75 Å². The minimum absolute atomic E-state index is 0. The zero-order valence-corrected chi connectivity index (χ0v) is 18.4. The number of rotatable bonds is 7. The van der Waals surface area contributed by atoms with Crippen molar-refractivity contribution >= 4 is 24.2 Å². The third-order valence-electron chi connectivity index (χ3n) is 5.88. The molecule has 2 amide bonds. The highest BCUT2D eigenvalue weighted by Crippen LogP contribution is 2.19. The Bertz CT molecular complexity index is 692. The Balaban J connectivity index is 0.00000300. The van der Waals surface area contributed by atoms with Crippen LogP contribution < -0.4 is 15.4 Å². The lowest BCUT2D eigenvalue weighted by molar-refractivity contribution is -0.133. The SMILES string of the molecule is Cc1ccc(OCCC(=O)N2CCCC(CNC(=O)C3CCCN3)C2)cc1C.Cl. The number of hydrogen-bond donors (Lipinski definition) is 2. The molecule has 2 atom stereocenters. The number of aryl methyl sites for hydroxylation is 2. The topological polar surface area (TPSA) is 70.7 Å². The molecular formula is C22H34ClN3O3. The molecule has 0 bridgehead atoms. The molecular weight excluding hydrogens is 390 g/mol. The van der Waals surface area contributed by atoms with Gasteiger partial charge in [-0.2, -0.15) is 0 Å². The molecule has 1 aromatic rings. The van der Waals surface area contributed by atoms with E-state index in [1.807, 2.05) is 23.1 Å². The van der Waals surface area contributed by atoms with Crippen LogP contribution in [0, 0.1) is 19.8 Å². The predicted molar refractivity (Wildman–Crippen MR) is 117 cm³/mol. The summed E-state index contributed by atoms with van der Waals surface area (Å²) < 4.78 is 5.75.